The lowest BCUT2D eigenvalue weighted by atomic mass is 10.2. The summed E-state index contributed by atoms with van der Waals surface area (Å²) >= 11 is 0. The number of aryl methyl sites for hydroxylation is 1. The van der Waals surface area contributed by atoms with E-state index < -0.39 is 10.0 Å². The highest BCUT2D eigenvalue weighted by molar-refractivity contribution is 7.92. The standard InChI is InChI=1S/C12H16N4O4S/c1-4-20-12-13-11(14-15-12)16-21(17,18)9-5-6-10(19-3)8(2)7-9/h5-7H,4H2,1-3H3,(H2,13,14,15,16). The summed E-state index contributed by atoms with van der Waals surface area (Å²) in [6.07, 6.45) is 0. The Morgan fingerprint density at radius 1 is 1.38 bits per heavy atom. The topological polar surface area (TPSA) is 106 Å². The Kier molecular flexibility index (Phi) is 4.32. The normalized spacial score (nSPS) is 11.2. The molecule has 0 aliphatic carbocycles. The van der Waals surface area contributed by atoms with E-state index in [1.165, 1.54) is 19.2 Å². The number of sulfonamides is 1. The van der Waals surface area contributed by atoms with Gasteiger partial charge in [0, 0.05) is 0 Å². The van der Waals surface area contributed by atoms with Crippen LogP contribution in [0.1, 0.15) is 12.5 Å². The molecule has 2 N–H and O–H groups in total. The minimum Gasteiger partial charge on any atom is -0.496 e. The molecule has 0 radical (unpaired) electrons. The molecule has 0 amide bonds. The minimum absolute atomic E-state index is 0.00748. The van der Waals surface area contributed by atoms with Gasteiger partial charge in [-0.05, 0) is 37.6 Å². The third kappa shape index (κ3) is 3.43. The van der Waals surface area contributed by atoms with Gasteiger partial charge in [0.25, 0.3) is 10.0 Å². The Labute approximate surface area is 122 Å². The van der Waals surface area contributed by atoms with Crippen LogP contribution in [0.4, 0.5) is 5.95 Å². The molecule has 2 rings (SSSR count). The van der Waals surface area contributed by atoms with E-state index in [0.29, 0.717) is 17.9 Å². The maximum atomic E-state index is 12.2. The van der Waals surface area contributed by atoms with Crippen molar-refractivity contribution in [3.8, 4) is 11.8 Å². The Hall–Kier alpha value is -2.29. The van der Waals surface area contributed by atoms with Gasteiger partial charge in [-0.15, -0.1) is 5.10 Å². The summed E-state index contributed by atoms with van der Waals surface area (Å²) in [5, 5.41) is 6.18. The van der Waals surface area contributed by atoms with E-state index >= 15 is 0 Å². The fraction of sp³-hybridized carbons (Fsp3) is 0.333. The van der Waals surface area contributed by atoms with Gasteiger partial charge in [-0.1, -0.05) is 0 Å². The molecule has 0 atom stereocenters. The van der Waals surface area contributed by atoms with Gasteiger partial charge in [-0.3, -0.25) is 0 Å². The first kappa shape index (κ1) is 15.1. The van der Waals surface area contributed by atoms with Crippen LogP contribution >= 0.6 is 0 Å². The summed E-state index contributed by atoms with van der Waals surface area (Å²) < 4.78 is 36.9. The number of hydrogen-bond acceptors (Lipinski definition) is 6. The monoisotopic (exact) mass is 312 g/mol. The van der Waals surface area contributed by atoms with Crippen molar-refractivity contribution < 1.29 is 17.9 Å². The number of aromatic amines is 1. The van der Waals surface area contributed by atoms with Gasteiger partial charge in [0.2, 0.25) is 5.95 Å². The molecule has 2 aromatic rings. The van der Waals surface area contributed by atoms with Crippen molar-refractivity contribution in [2.75, 3.05) is 18.4 Å². The molecule has 0 bridgehead atoms. The first-order chi connectivity index (χ1) is 9.96. The average Bonchev–Trinajstić information content (AvgIpc) is 2.85. The van der Waals surface area contributed by atoms with Crippen molar-refractivity contribution in [2.24, 2.45) is 0 Å². The SMILES string of the molecule is CCOc1n[nH]c(NS(=O)(=O)c2ccc(OC)c(C)c2)n1. The number of ether oxygens (including phenoxy) is 2. The van der Waals surface area contributed by atoms with E-state index in [1.807, 2.05) is 0 Å². The predicted molar refractivity (Wildman–Crippen MR) is 76.1 cm³/mol. The molecular weight excluding hydrogens is 296 g/mol. The van der Waals surface area contributed by atoms with Gasteiger partial charge < -0.3 is 9.47 Å². The van der Waals surface area contributed by atoms with Crippen LogP contribution in [0, 0.1) is 6.92 Å². The molecule has 9 heteroatoms. The Balaban J connectivity index is 2.23. The number of aromatic nitrogens is 3. The molecular formula is C12H16N4O4S. The van der Waals surface area contributed by atoms with Crippen LogP contribution in [0.25, 0.3) is 0 Å². The second kappa shape index (κ2) is 6.00. The van der Waals surface area contributed by atoms with Crippen molar-refractivity contribution in [3.63, 3.8) is 0 Å². The van der Waals surface area contributed by atoms with Crippen molar-refractivity contribution in [1.82, 2.24) is 15.2 Å². The molecule has 0 saturated carbocycles. The Bertz CT molecular complexity index is 727. The number of nitrogens with zero attached hydrogens (tertiary/aromatic N) is 2. The van der Waals surface area contributed by atoms with Crippen molar-refractivity contribution in [3.05, 3.63) is 23.8 Å². The molecule has 0 saturated heterocycles. The maximum absolute atomic E-state index is 12.2. The van der Waals surface area contributed by atoms with Gasteiger partial charge in [0.15, 0.2) is 0 Å². The summed E-state index contributed by atoms with van der Waals surface area (Å²) in [7, 11) is -2.23. The van der Waals surface area contributed by atoms with E-state index in [-0.39, 0.29) is 16.9 Å². The van der Waals surface area contributed by atoms with E-state index in [2.05, 4.69) is 19.9 Å². The molecule has 0 spiro atoms. The number of methoxy groups -OCH3 is 1. The first-order valence-electron chi connectivity index (χ1n) is 6.19. The maximum Gasteiger partial charge on any atom is 0.337 e. The zero-order valence-electron chi connectivity index (χ0n) is 11.9. The second-order valence-electron chi connectivity index (χ2n) is 4.14. The molecule has 0 fully saturated rings. The second-order valence-corrected chi connectivity index (χ2v) is 5.82. The lowest BCUT2D eigenvalue weighted by molar-refractivity contribution is 0.314. The van der Waals surface area contributed by atoms with Crippen LogP contribution in [0.15, 0.2) is 23.1 Å². The van der Waals surface area contributed by atoms with Crippen molar-refractivity contribution in [1.29, 1.82) is 0 Å². The van der Waals surface area contributed by atoms with E-state index in [9.17, 15) is 8.42 Å². The van der Waals surface area contributed by atoms with Crippen LogP contribution in [-0.4, -0.2) is 37.3 Å². The molecule has 114 valence electrons. The third-order valence-corrected chi connectivity index (χ3v) is 3.98. The lowest BCUT2D eigenvalue weighted by Gasteiger charge is -2.08. The highest BCUT2D eigenvalue weighted by atomic mass is 32.2. The number of H-pyrrole nitrogens is 1. The van der Waals surface area contributed by atoms with Crippen LogP contribution in [0.5, 0.6) is 11.8 Å². The summed E-state index contributed by atoms with van der Waals surface area (Å²) in [6, 6.07) is 4.64. The quantitative estimate of drug-likeness (QED) is 0.833. The number of nitrogens with one attached hydrogen (secondary N) is 2. The summed E-state index contributed by atoms with van der Waals surface area (Å²) in [5.41, 5.74) is 0.716. The van der Waals surface area contributed by atoms with E-state index in [0.717, 1.165) is 0 Å². The fourth-order valence-electron chi connectivity index (χ4n) is 1.69. The smallest absolute Gasteiger partial charge is 0.337 e. The van der Waals surface area contributed by atoms with E-state index in [4.69, 9.17) is 9.47 Å². The Morgan fingerprint density at radius 2 is 2.14 bits per heavy atom. The summed E-state index contributed by atoms with van der Waals surface area (Å²) in [6.45, 7) is 3.93. The van der Waals surface area contributed by atoms with Gasteiger partial charge in [-0.25, -0.2) is 18.2 Å². The molecule has 21 heavy (non-hydrogen) atoms. The molecule has 8 nitrogen and oxygen atoms in total. The van der Waals surface area contributed by atoms with Crippen LogP contribution in [-0.2, 0) is 10.0 Å². The summed E-state index contributed by atoms with van der Waals surface area (Å²) in [4.78, 5) is 3.97. The zero-order valence-corrected chi connectivity index (χ0v) is 12.7. The highest BCUT2D eigenvalue weighted by Crippen LogP contribution is 2.22. The zero-order chi connectivity index (χ0) is 15.5. The molecule has 1 aromatic carbocycles. The fourth-order valence-corrected chi connectivity index (χ4v) is 2.73. The minimum atomic E-state index is -3.76. The van der Waals surface area contributed by atoms with Crippen molar-refractivity contribution >= 4 is 16.0 Å². The van der Waals surface area contributed by atoms with E-state index in [1.54, 1.807) is 19.9 Å². The largest absolute Gasteiger partial charge is 0.496 e. The Morgan fingerprint density at radius 3 is 2.76 bits per heavy atom. The molecule has 1 aromatic heterocycles. The number of benzene rings is 1. The molecule has 0 aliphatic rings. The summed E-state index contributed by atoms with van der Waals surface area (Å²) in [5.74, 6) is 0.610. The molecule has 1 heterocycles. The first-order valence-corrected chi connectivity index (χ1v) is 7.67. The number of anilines is 1. The van der Waals surface area contributed by atoms with Gasteiger partial charge >= 0.3 is 6.01 Å². The highest BCUT2D eigenvalue weighted by Gasteiger charge is 2.18. The van der Waals surface area contributed by atoms with Gasteiger partial charge in [0.1, 0.15) is 5.75 Å². The lowest BCUT2D eigenvalue weighted by Crippen LogP contribution is -2.14. The van der Waals surface area contributed by atoms with Gasteiger partial charge in [0.05, 0.1) is 18.6 Å². The van der Waals surface area contributed by atoms with Crippen LogP contribution < -0.4 is 14.2 Å². The number of rotatable bonds is 6. The van der Waals surface area contributed by atoms with Crippen molar-refractivity contribution in [2.45, 2.75) is 18.7 Å². The van der Waals surface area contributed by atoms with Crippen LogP contribution in [0.2, 0.25) is 0 Å². The average molecular weight is 312 g/mol. The number of hydrogen-bond donors (Lipinski definition) is 2. The molecule has 0 unspecified atom stereocenters. The molecule has 0 aliphatic heterocycles. The predicted octanol–water partition coefficient (Wildman–Crippen LogP) is 1.32. The third-order valence-electron chi connectivity index (χ3n) is 2.65. The van der Waals surface area contributed by atoms with Gasteiger partial charge in [-0.2, -0.15) is 4.98 Å². The van der Waals surface area contributed by atoms with Crippen LogP contribution in [0.3, 0.4) is 0 Å².